The third-order valence-electron chi connectivity index (χ3n) is 5.15. The van der Waals surface area contributed by atoms with Crippen LogP contribution in [0, 0.1) is 0 Å². The largest absolute Gasteiger partial charge is 0.290 e. The van der Waals surface area contributed by atoms with Gasteiger partial charge in [0.25, 0.3) is 0 Å². The van der Waals surface area contributed by atoms with E-state index in [-0.39, 0.29) is 5.78 Å². The average Bonchev–Trinajstić information content (AvgIpc) is 2.79. The molecule has 0 aromatic heterocycles. The summed E-state index contributed by atoms with van der Waals surface area (Å²) < 4.78 is 0.845. The summed E-state index contributed by atoms with van der Waals surface area (Å²) in [6.07, 6.45) is 0.452. The Balaban J connectivity index is 1.95. The lowest BCUT2D eigenvalue weighted by atomic mass is 10.1. The normalized spacial score (nSPS) is 11.2. The molecular formula is C26H21BrOP+. The molecule has 0 radical (unpaired) electrons. The van der Waals surface area contributed by atoms with Crippen molar-refractivity contribution in [3.05, 3.63) is 125 Å². The molecule has 0 saturated carbocycles. The Bertz CT molecular complexity index is 998. The van der Waals surface area contributed by atoms with Crippen molar-refractivity contribution >= 4 is 44.9 Å². The molecule has 0 saturated heterocycles. The lowest BCUT2D eigenvalue weighted by Gasteiger charge is -2.27. The number of hydrogen-bond donors (Lipinski definition) is 0. The standard InChI is InChI=1S/C26H21BrOP/c27-25-19-11-10-18-24(25)26(28)20-29(21-12-4-1-5-13-21,22-14-6-2-7-15-22)23-16-8-3-9-17-23/h1-19H,20H2/q+1. The van der Waals surface area contributed by atoms with Gasteiger partial charge in [-0.3, -0.25) is 4.79 Å². The molecule has 0 bridgehead atoms. The van der Waals surface area contributed by atoms with Crippen LogP contribution in [0.5, 0.6) is 0 Å². The molecule has 0 aliphatic carbocycles. The van der Waals surface area contributed by atoms with Crippen molar-refractivity contribution in [1.29, 1.82) is 0 Å². The van der Waals surface area contributed by atoms with Gasteiger partial charge in [-0.2, -0.15) is 0 Å². The van der Waals surface area contributed by atoms with Crippen molar-refractivity contribution in [2.45, 2.75) is 0 Å². The van der Waals surface area contributed by atoms with Gasteiger partial charge in [-0.05, 0) is 42.5 Å². The van der Waals surface area contributed by atoms with Crippen LogP contribution in [0.4, 0.5) is 0 Å². The fourth-order valence-corrected chi connectivity index (χ4v) is 8.35. The summed E-state index contributed by atoms with van der Waals surface area (Å²) in [6.45, 7) is 0. The third-order valence-corrected chi connectivity index (χ3v) is 10.1. The van der Waals surface area contributed by atoms with Crippen LogP contribution in [-0.2, 0) is 0 Å². The van der Waals surface area contributed by atoms with Crippen LogP contribution < -0.4 is 15.9 Å². The predicted octanol–water partition coefficient (Wildman–Crippen LogP) is 5.63. The summed E-state index contributed by atoms with van der Waals surface area (Å²) in [5.41, 5.74) is 0.736. The maximum atomic E-state index is 13.6. The fraction of sp³-hybridized carbons (Fsp3) is 0.0385. The average molecular weight is 460 g/mol. The summed E-state index contributed by atoms with van der Waals surface area (Å²) in [7, 11) is -2.17. The van der Waals surface area contributed by atoms with Gasteiger partial charge >= 0.3 is 0 Å². The molecule has 3 heteroatoms. The highest BCUT2D eigenvalue weighted by molar-refractivity contribution is 9.10. The molecule has 4 aromatic rings. The zero-order chi connectivity index (χ0) is 20.1. The second kappa shape index (κ2) is 8.86. The number of ketones is 1. The number of carbonyl (C=O) groups excluding carboxylic acids is 1. The smallest absolute Gasteiger partial charge is 0.202 e. The number of hydrogen-bond acceptors (Lipinski definition) is 1. The molecule has 0 heterocycles. The maximum absolute atomic E-state index is 13.6. The van der Waals surface area contributed by atoms with E-state index in [1.54, 1.807) is 0 Å². The highest BCUT2D eigenvalue weighted by Gasteiger charge is 2.47. The molecule has 0 amide bonds. The second-order valence-electron chi connectivity index (χ2n) is 6.88. The van der Waals surface area contributed by atoms with E-state index >= 15 is 0 Å². The minimum absolute atomic E-state index is 0.155. The first kappa shape index (κ1) is 19.8. The van der Waals surface area contributed by atoms with Gasteiger partial charge in [0.1, 0.15) is 29.3 Å². The fourth-order valence-electron chi connectivity index (χ4n) is 3.76. The molecule has 29 heavy (non-hydrogen) atoms. The topological polar surface area (TPSA) is 17.1 Å². The second-order valence-corrected chi connectivity index (χ2v) is 11.2. The third kappa shape index (κ3) is 3.96. The molecule has 0 atom stereocenters. The van der Waals surface area contributed by atoms with E-state index in [4.69, 9.17) is 0 Å². The highest BCUT2D eigenvalue weighted by Crippen LogP contribution is 2.55. The minimum Gasteiger partial charge on any atom is -0.290 e. The Kier molecular flexibility index (Phi) is 6.04. The summed E-state index contributed by atoms with van der Waals surface area (Å²) in [5.74, 6) is 0.155. The summed E-state index contributed by atoms with van der Waals surface area (Å²) in [5, 5.41) is 3.66. The molecule has 1 nitrogen and oxygen atoms in total. The van der Waals surface area contributed by atoms with E-state index in [1.165, 1.54) is 15.9 Å². The Morgan fingerprint density at radius 2 is 0.966 bits per heavy atom. The van der Waals surface area contributed by atoms with Gasteiger partial charge in [-0.15, -0.1) is 0 Å². The van der Waals surface area contributed by atoms with Gasteiger partial charge in [0, 0.05) is 10.0 Å². The van der Waals surface area contributed by atoms with E-state index in [0.29, 0.717) is 6.16 Å². The van der Waals surface area contributed by atoms with Crippen LogP contribution in [0.2, 0.25) is 0 Å². The SMILES string of the molecule is O=C(C[P+](c1ccccc1)(c1ccccc1)c1ccccc1)c1ccccc1Br. The van der Waals surface area contributed by atoms with Gasteiger partial charge in [0.05, 0.1) is 0 Å². The van der Waals surface area contributed by atoms with Crippen molar-refractivity contribution in [3.63, 3.8) is 0 Å². The molecular weight excluding hydrogens is 439 g/mol. The van der Waals surface area contributed by atoms with E-state index in [2.05, 4.69) is 88.7 Å². The van der Waals surface area contributed by atoms with Crippen molar-refractivity contribution in [1.82, 2.24) is 0 Å². The monoisotopic (exact) mass is 459 g/mol. The van der Waals surface area contributed by atoms with Crippen molar-refractivity contribution in [3.8, 4) is 0 Å². The van der Waals surface area contributed by atoms with E-state index < -0.39 is 7.26 Å². The van der Waals surface area contributed by atoms with Crippen LogP contribution in [0.15, 0.2) is 120 Å². The molecule has 0 spiro atoms. The van der Waals surface area contributed by atoms with E-state index in [0.717, 1.165) is 10.0 Å². The first-order valence-corrected chi connectivity index (χ1v) is 12.3. The van der Waals surface area contributed by atoms with Gasteiger partial charge < -0.3 is 0 Å². The number of halogens is 1. The Morgan fingerprint density at radius 3 is 1.38 bits per heavy atom. The Labute approximate surface area is 180 Å². The Hall–Kier alpha value is -2.54. The van der Waals surface area contributed by atoms with Crippen LogP contribution in [0.1, 0.15) is 10.4 Å². The molecule has 0 aliphatic heterocycles. The van der Waals surface area contributed by atoms with Gasteiger partial charge in [0.2, 0.25) is 5.78 Å². The van der Waals surface area contributed by atoms with Crippen molar-refractivity contribution < 1.29 is 4.79 Å². The number of rotatable bonds is 6. The highest BCUT2D eigenvalue weighted by atomic mass is 79.9. The Morgan fingerprint density at radius 1 is 0.586 bits per heavy atom. The molecule has 0 unspecified atom stereocenters. The van der Waals surface area contributed by atoms with Crippen LogP contribution in [-0.4, -0.2) is 11.9 Å². The lowest BCUT2D eigenvalue weighted by Crippen LogP contribution is -2.35. The van der Waals surface area contributed by atoms with Crippen molar-refractivity contribution in [2.75, 3.05) is 6.16 Å². The van der Waals surface area contributed by atoms with Gasteiger partial charge in [-0.1, -0.05) is 88.7 Å². The first-order chi connectivity index (χ1) is 14.2. The molecule has 4 rings (SSSR count). The van der Waals surface area contributed by atoms with Crippen LogP contribution in [0.3, 0.4) is 0 Å². The lowest BCUT2D eigenvalue weighted by molar-refractivity contribution is 0.102. The first-order valence-electron chi connectivity index (χ1n) is 9.54. The molecule has 0 aliphatic rings. The zero-order valence-electron chi connectivity index (χ0n) is 15.9. The van der Waals surface area contributed by atoms with E-state index in [9.17, 15) is 4.79 Å². The number of benzene rings is 4. The van der Waals surface area contributed by atoms with Crippen LogP contribution in [0.25, 0.3) is 0 Å². The summed E-state index contributed by atoms with van der Waals surface area (Å²) >= 11 is 3.56. The molecule has 4 aromatic carbocycles. The summed E-state index contributed by atoms with van der Waals surface area (Å²) in [6, 6.07) is 39.2. The number of Topliss-reactive ketones (excluding diaryl/α,β-unsaturated/α-hetero) is 1. The molecule has 0 N–H and O–H groups in total. The van der Waals surface area contributed by atoms with Crippen molar-refractivity contribution in [2.24, 2.45) is 0 Å². The van der Waals surface area contributed by atoms with Gasteiger partial charge in [-0.25, -0.2) is 0 Å². The molecule has 0 fully saturated rings. The van der Waals surface area contributed by atoms with Gasteiger partial charge in [0.15, 0.2) is 0 Å². The maximum Gasteiger partial charge on any atom is 0.202 e. The molecule has 142 valence electrons. The number of carbonyl (C=O) groups is 1. The quantitative estimate of drug-likeness (QED) is 0.270. The zero-order valence-corrected chi connectivity index (χ0v) is 18.4. The predicted molar refractivity (Wildman–Crippen MR) is 128 cm³/mol. The summed E-state index contributed by atoms with van der Waals surface area (Å²) in [4.78, 5) is 13.6. The van der Waals surface area contributed by atoms with Crippen LogP contribution >= 0.6 is 23.2 Å². The minimum atomic E-state index is -2.17. The van der Waals surface area contributed by atoms with E-state index in [1.807, 2.05) is 42.5 Å².